The molecule has 0 atom stereocenters. The molecule has 0 bridgehead atoms. The summed E-state index contributed by atoms with van der Waals surface area (Å²) in [5.41, 5.74) is 1.09. The maximum absolute atomic E-state index is 13.2. The minimum atomic E-state index is -0.518. The molecule has 0 aliphatic rings. The number of pyridine rings is 1. The van der Waals surface area contributed by atoms with Crippen molar-refractivity contribution in [3.05, 3.63) is 52.5 Å². The molecule has 2 heterocycles. The molecule has 0 fully saturated rings. The number of amides is 1. The van der Waals surface area contributed by atoms with Gasteiger partial charge in [-0.05, 0) is 24.3 Å². The van der Waals surface area contributed by atoms with Crippen molar-refractivity contribution in [1.82, 2.24) is 15.2 Å². The van der Waals surface area contributed by atoms with Crippen LogP contribution >= 0.6 is 15.9 Å². The predicted octanol–water partition coefficient (Wildman–Crippen LogP) is 3.11. The van der Waals surface area contributed by atoms with Crippen LogP contribution in [-0.2, 0) is 0 Å². The molecule has 1 aromatic carbocycles. The largest absolute Gasteiger partial charge is 0.321 e. The fourth-order valence-electron chi connectivity index (χ4n) is 1.81. The van der Waals surface area contributed by atoms with Gasteiger partial charge in [0.05, 0.1) is 11.6 Å². The summed E-state index contributed by atoms with van der Waals surface area (Å²) in [7, 11) is 0. The van der Waals surface area contributed by atoms with Crippen LogP contribution in [0.5, 0.6) is 0 Å². The Morgan fingerprint density at radius 2 is 2.20 bits per heavy atom. The molecule has 0 spiro atoms. The Bertz CT molecular complexity index is 802. The first kappa shape index (κ1) is 12.7. The number of carbonyl (C=O) groups excluding carboxylic acids is 1. The van der Waals surface area contributed by atoms with E-state index in [-0.39, 0.29) is 5.69 Å². The van der Waals surface area contributed by atoms with E-state index in [1.165, 1.54) is 6.07 Å². The highest BCUT2D eigenvalue weighted by molar-refractivity contribution is 9.10. The first-order valence-electron chi connectivity index (χ1n) is 5.70. The molecule has 3 rings (SSSR count). The molecule has 2 N–H and O–H groups in total. The third kappa shape index (κ3) is 2.39. The van der Waals surface area contributed by atoms with Crippen molar-refractivity contribution in [2.75, 3.05) is 5.32 Å². The molecule has 0 saturated heterocycles. The van der Waals surface area contributed by atoms with Gasteiger partial charge in [-0.1, -0.05) is 22.0 Å². The highest BCUT2D eigenvalue weighted by atomic mass is 79.9. The van der Waals surface area contributed by atoms with Gasteiger partial charge in [-0.25, -0.2) is 9.37 Å². The van der Waals surface area contributed by atoms with Crippen LogP contribution in [0.15, 0.2) is 41.0 Å². The summed E-state index contributed by atoms with van der Waals surface area (Å²) in [6.07, 6.45) is 1.07. The zero-order valence-corrected chi connectivity index (χ0v) is 11.6. The number of carbonyl (C=O) groups is 1. The van der Waals surface area contributed by atoms with Gasteiger partial charge in [0, 0.05) is 10.2 Å². The van der Waals surface area contributed by atoms with Gasteiger partial charge in [-0.3, -0.25) is 9.89 Å². The van der Waals surface area contributed by atoms with Gasteiger partial charge in [-0.2, -0.15) is 5.10 Å². The fraction of sp³-hybridized carbons (Fsp3) is 0. The smallest absolute Gasteiger partial charge is 0.276 e. The summed E-state index contributed by atoms with van der Waals surface area (Å²) in [6.45, 7) is 0. The van der Waals surface area contributed by atoms with Gasteiger partial charge in [-0.15, -0.1) is 0 Å². The number of benzene rings is 1. The molecule has 1 amide bonds. The van der Waals surface area contributed by atoms with Crippen molar-refractivity contribution in [2.24, 2.45) is 0 Å². The number of hydrogen-bond donors (Lipinski definition) is 2. The lowest BCUT2D eigenvalue weighted by atomic mass is 10.2. The molecule has 0 aliphatic carbocycles. The number of fused-ring (bicyclic) bond motifs is 1. The number of aromatic amines is 1. The van der Waals surface area contributed by atoms with Crippen LogP contribution in [0, 0.1) is 5.82 Å². The van der Waals surface area contributed by atoms with Crippen LogP contribution < -0.4 is 5.32 Å². The monoisotopic (exact) mass is 334 g/mol. The van der Waals surface area contributed by atoms with Crippen LogP contribution in [0.4, 0.5) is 10.1 Å². The van der Waals surface area contributed by atoms with E-state index in [4.69, 9.17) is 0 Å². The summed E-state index contributed by atoms with van der Waals surface area (Å²) in [5, 5.41) is 9.51. The third-order valence-electron chi connectivity index (χ3n) is 2.68. The molecule has 100 valence electrons. The average molecular weight is 335 g/mol. The van der Waals surface area contributed by atoms with Crippen molar-refractivity contribution >= 4 is 38.6 Å². The first-order chi connectivity index (χ1) is 9.63. The number of hydrogen-bond acceptors (Lipinski definition) is 3. The number of anilines is 1. The zero-order chi connectivity index (χ0) is 14.1. The minimum absolute atomic E-state index is 0.104. The summed E-state index contributed by atoms with van der Waals surface area (Å²) >= 11 is 3.32. The molecule has 0 unspecified atom stereocenters. The Balaban J connectivity index is 1.94. The number of nitrogens with zero attached hydrogens (tertiary/aromatic N) is 2. The molecule has 0 aliphatic heterocycles. The van der Waals surface area contributed by atoms with Crippen molar-refractivity contribution in [1.29, 1.82) is 0 Å². The zero-order valence-electron chi connectivity index (χ0n) is 10.0. The number of halogens is 2. The second-order valence-electron chi connectivity index (χ2n) is 4.09. The van der Waals surface area contributed by atoms with E-state index >= 15 is 0 Å². The molecule has 0 saturated carbocycles. The van der Waals surface area contributed by atoms with E-state index in [9.17, 15) is 9.18 Å². The molecule has 20 heavy (non-hydrogen) atoms. The summed E-state index contributed by atoms with van der Waals surface area (Å²) in [5.74, 6) is -0.947. The molecular weight excluding hydrogens is 327 g/mol. The molecular formula is C13H8BrFN4O. The van der Waals surface area contributed by atoms with Gasteiger partial charge >= 0.3 is 0 Å². The molecule has 3 aromatic rings. The fourth-order valence-corrected chi connectivity index (χ4v) is 2.21. The highest BCUT2D eigenvalue weighted by Crippen LogP contribution is 2.19. The number of nitrogens with one attached hydrogen (secondary N) is 2. The maximum Gasteiger partial charge on any atom is 0.276 e. The molecule has 7 heteroatoms. The predicted molar refractivity (Wildman–Crippen MR) is 75.9 cm³/mol. The number of aromatic nitrogens is 3. The minimum Gasteiger partial charge on any atom is -0.321 e. The standard InChI is InChI=1S/C13H8BrFN4O/c14-7-2-1-3-9(4-7)17-13(20)11-10-5-8(15)6-16-12(10)19-18-11/h1-6H,(H,17,20)(H,16,18,19). The normalized spacial score (nSPS) is 10.7. The van der Waals surface area contributed by atoms with Gasteiger partial charge in [0.2, 0.25) is 0 Å². The number of rotatable bonds is 2. The van der Waals surface area contributed by atoms with E-state index in [0.29, 0.717) is 16.7 Å². The van der Waals surface area contributed by atoms with Gasteiger partial charge in [0.15, 0.2) is 11.3 Å². The van der Waals surface area contributed by atoms with Crippen LogP contribution in [0.1, 0.15) is 10.5 Å². The Hall–Kier alpha value is -2.28. The third-order valence-corrected chi connectivity index (χ3v) is 3.17. The van der Waals surface area contributed by atoms with Gasteiger partial charge < -0.3 is 5.32 Å². The Morgan fingerprint density at radius 3 is 3.00 bits per heavy atom. The van der Waals surface area contributed by atoms with Crippen molar-refractivity contribution < 1.29 is 9.18 Å². The first-order valence-corrected chi connectivity index (χ1v) is 6.49. The summed E-state index contributed by atoms with van der Waals surface area (Å²) in [6, 6.07) is 8.37. The van der Waals surface area contributed by atoms with E-state index in [0.717, 1.165) is 10.7 Å². The SMILES string of the molecule is O=C(Nc1cccc(Br)c1)c1n[nH]c2ncc(F)cc12. The van der Waals surface area contributed by atoms with Crippen LogP contribution in [0.25, 0.3) is 11.0 Å². The molecule has 5 nitrogen and oxygen atoms in total. The Labute approximate surface area is 121 Å². The van der Waals surface area contributed by atoms with E-state index < -0.39 is 11.7 Å². The van der Waals surface area contributed by atoms with Crippen molar-refractivity contribution in [3.8, 4) is 0 Å². The second kappa shape index (κ2) is 5.01. The highest BCUT2D eigenvalue weighted by Gasteiger charge is 2.15. The van der Waals surface area contributed by atoms with Crippen molar-refractivity contribution in [2.45, 2.75) is 0 Å². The quantitative estimate of drug-likeness (QED) is 0.756. The molecule has 0 radical (unpaired) electrons. The maximum atomic E-state index is 13.2. The molecule has 2 aromatic heterocycles. The van der Waals surface area contributed by atoms with Gasteiger partial charge in [0.25, 0.3) is 5.91 Å². The summed E-state index contributed by atoms with van der Waals surface area (Å²) in [4.78, 5) is 16.0. The van der Waals surface area contributed by atoms with E-state index in [2.05, 4.69) is 36.4 Å². The lowest BCUT2D eigenvalue weighted by molar-refractivity contribution is 0.102. The second-order valence-corrected chi connectivity index (χ2v) is 5.00. The van der Waals surface area contributed by atoms with E-state index in [1.807, 2.05) is 6.07 Å². The average Bonchev–Trinajstić information content (AvgIpc) is 2.81. The van der Waals surface area contributed by atoms with Crippen molar-refractivity contribution in [3.63, 3.8) is 0 Å². The van der Waals surface area contributed by atoms with E-state index in [1.54, 1.807) is 18.2 Å². The van der Waals surface area contributed by atoms with Crippen LogP contribution in [0.3, 0.4) is 0 Å². The lowest BCUT2D eigenvalue weighted by Gasteiger charge is -2.03. The van der Waals surface area contributed by atoms with Gasteiger partial charge in [0.1, 0.15) is 5.82 Å². The van der Waals surface area contributed by atoms with Crippen LogP contribution in [0.2, 0.25) is 0 Å². The summed E-state index contributed by atoms with van der Waals surface area (Å²) < 4.78 is 14.0. The Kier molecular flexibility index (Phi) is 3.19. The number of H-pyrrole nitrogens is 1. The topological polar surface area (TPSA) is 70.7 Å². The lowest BCUT2D eigenvalue weighted by Crippen LogP contribution is -2.12. The Morgan fingerprint density at radius 1 is 1.35 bits per heavy atom. The van der Waals surface area contributed by atoms with Crippen LogP contribution in [-0.4, -0.2) is 21.1 Å².